The molecule has 1 aromatic rings. The van der Waals surface area contributed by atoms with Crippen LogP contribution in [0.2, 0.25) is 5.02 Å². The fourth-order valence-corrected chi connectivity index (χ4v) is 1.63. The predicted octanol–water partition coefficient (Wildman–Crippen LogP) is 1.64. The van der Waals surface area contributed by atoms with Crippen molar-refractivity contribution in [3.63, 3.8) is 0 Å². The molecule has 0 heterocycles. The van der Waals surface area contributed by atoms with Crippen LogP contribution in [0, 0.1) is 5.92 Å². The summed E-state index contributed by atoms with van der Waals surface area (Å²) in [7, 11) is 0. The number of carbonyl (C=O) groups excluding carboxylic acids is 2. The largest absolute Gasteiger partial charge is 0.355 e. The summed E-state index contributed by atoms with van der Waals surface area (Å²) in [6, 6.07) is 6.90. The maximum atomic E-state index is 11.6. The molecule has 5 nitrogen and oxygen atoms in total. The fraction of sp³-hybridized carbons (Fsp3) is 0.429. The zero-order valence-corrected chi connectivity index (χ0v) is 12.5. The molecular formula is C14H20ClN3O2. The molecule has 0 atom stereocenters. The molecule has 0 aromatic heterocycles. The van der Waals surface area contributed by atoms with E-state index in [-0.39, 0.29) is 24.9 Å². The molecule has 1 aromatic carbocycles. The molecule has 0 aliphatic heterocycles. The fourth-order valence-electron chi connectivity index (χ4n) is 1.44. The molecule has 0 radical (unpaired) electrons. The van der Waals surface area contributed by atoms with Crippen LogP contribution in [-0.2, 0) is 9.59 Å². The van der Waals surface area contributed by atoms with Gasteiger partial charge in [-0.05, 0) is 24.1 Å². The monoisotopic (exact) mass is 297 g/mol. The lowest BCUT2D eigenvalue weighted by Gasteiger charge is -2.09. The molecule has 110 valence electrons. The van der Waals surface area contributed by atoms with E-state index in [4.69, 9.17) is 11.6 Å². The molecule has 6 heteroatoms. The SMILES string of the molecule is CC(C)CNC(=O)CNCC(=O)Nc1cccc(Cl)c1. The summed E-state index contributed by atoms with van der Waals surface area (Å²) in [5.74, 6) is 0.0725. The van der Waals surface area contributed by atoms with E-state index in [1.54, 1.807) is 24.3 Å². The van der Waals surface area contributed by atoms with Crippen molar-refractivity contribution < 1.29 is 9.59 Å². The average Bonchev–Trinajstić information content (AvgIpc) is 2.36. The number of carbonyl (C=O) groups is 2. The van der Waals surface area contributed by atoms with Crippen molar-refractivity contribution in [2.45, 2.75) is 13.8 Å². The summed E-state index contributed by atoms with van der Waals surface area (Å²) in [5.41, 5.74) is 0.633. The van der Waals surface area contributed by atoms with E-state index in [0.29, 0.717) is 23.2 Å². The van der Waals surface area contributed by atoms with E-state index in [1.807, 2.05) is 13.8 Å². The minimum atomic E-state index is -0.219. The number of rotatable bonds is 7. The Labute approximate surface area is 124 Å². The van der Waals surface area contributed by atoms with Gasteiger partial charge in [-0.3, -0.25) is 14.9 Å². The van der Waals surface area contributed by atoms with Gasteiger partial charge in [0.15, 0.2) is 0 Å². The lowest BCUT2D eigenvalue weighted by atomic mass is 10.2. The Kier molecular flexibility index (Phi) is 7.04. The van der Waals surface area contributed by atoms with Crippen LogP contribution in [0.3, 0.4) is 0 Å². The standard InChI is InChI=1S/C14H20ClN3O2/c1-10(2)7-17-13(19)8-16-9-14(20)18-12-5-3-4-11(15)6-12/h3-6,10,16H,7-9H2,1-2H3,(H,17,19)(H,18,20). The minimum Gasteiger partial charge on any atom is -0.355 e. The topological polar surface area (TPSA) is 70.2 Å². The Bertz CT molecular complexity index is 463. The Balaban J connectivity index is 2.22. The van der Waals surface area contributed by atoms with Gasteiger partial charge in [0.25, 0.3) is 0 Å². The van der Waals surface area contributed by atoms with Crippen LogP contribution in [-0.4, -0.2) is 31.4 Å². The number of nitrogens with one attached hydrogen (secondary N) is 3. The van der Waals surface area contributed by atoms with Crippen LogP contribution < -0.4 is 16.0 Å². The van der Waals surface area contributed by atoms with Crippen molar-refractivity contribution in [1.82, 2.24) is 10.6 Å². The van der Waals surface area contributed by atoms with E-state index < -0.39 is 0 Å². The highest BCUT2D eigenvalue weighted by atomic mass is 35.5. The highest BCUT2D eigenvalue weighted by Gasteiger charge is 2.05. The number of hydrogen-bond donors (Lipinski definition) is 3. The van der Waals surface area contributed by atoms with E-state index in [9.17, 15) is 9.59 Å². The van der Waals surface area contributed by atoms with Crippen LogP contribution in [0.5, 0.6) is 0 Å². The van der Waals surface area contributed by atoms with Gasteiger partial charge in [-0.25, -0.2) is 0 Å². The third kappa shape index (κ3) is 7.11. The van der Waals surface area contributed by atoms with Gasteiger partial charge in [0.1, 0.15) is 0 Å². The quantitative estimate of drug-likeness (QED) is 0.716. The summed E-state index contributed by atoms with van der Waals surface area (Å²) >= 11 is 5.81. The van der Waals surface area contributed by atoms with Gasteiger partial charge < -0.3 is 10.6 Å². The molecule has 0 fully saturated rings. The number of amides is 2. The number of anilines is 1. The molecule has 0 bridgehead atoms. The number of benzene rings is 1. The maximum absolute atomic E-state index is 11.6. The van der Waals surface area contributed by atoms with Gasteiger partial charge in [-0.15, -0.1) is 0 Å². The van der Waals surface area contributed by atoms with Gasteiger partial charge in [0.05, 0.1) is 13.1 Å². The van der Waals surface area contributed by atoms with Crippen LogP contribution in [0.15, 0.2) is 24.3 Å². The zero-order valence-electron chi connectivity index (χ0n) is 11.7. The Morgan fingerprint density at radius 2 is 1.90 bits per heavy atom. The average molecular weight is 298 g/mol. The Hall–Kier alpha value is -1.59. The Morgan fingerprint density at radius 3 is 2.55 bits per heavy atom. The van der Waals surface area contributed by atoms with Gasteiger partial charge in [0.2, 0.25) is 11.8 Å². The summed E-state index contributed by atoms with van der Waals surface area (Å²) in [5, 5.41) is 8.80. The first-order valence-electron chi connectivity index (χ1n) is 6.50. The van der Waals surface area contributed by atoms with E-state index in [0.717, 1.165) is 0 Å². The first kappa shape index (κ1) is 16.5. The molecule has 0 saturated heterocycles. The van der Waals surface area contributed by atoms with Gasteiger partial charge in [-0.1, -0.05) is 31.5 Å². The highest BCUT2D eigenvalue weighted by Crippen LogP contribution is 2.14. The molecule has 0 saturated carbocycles. The lowest BCUT2D eigenvalue weighted by Crippen LogP contribution is -2.38. The molecule has 0 unspecified atom stereocenters. The second kappa shape index (κ2) is 8.55. The molecule has 0 spiro atoms. The first-order chi connectivity index (χ1) is 9.47. The summed E-state index contributed by atoms with van der Waals surface area (Å²) in [6.45, 7) is 4.87. The lowest BCUT2D eigenvalue weighted by molar-refractivity contribution is -0.120. The molecule has 0 aliphatic carbocycles. The van der Waals surface area contributed by atoms with Crippen molar-refractivity contribution in [3.05, 3.63) is 29.3 Å². The summed E-state index contributed by atoms with van der Waals surface area (Å²) in [6.07, 6.45) is 0. The number of hydrogen-bond acceptors (Lipinski definition) is 3. The van der Waals surface area contributed by atoms with Crippen LogP contribution >= 0.6 is 11.6 Å². The van der Waals surface area contributed by atoms with Gasteiger partial charge in [-0.2, -0.15) is 0 Å². The molecule has 20 heavy (non-hydrogen) atoms. The van der Waals surface area contributed by atoms with Crippen LogP contribution in [0.1, 0.15) is 13.8 Å². The summed E-state index contributed by atoms with van der Waals surface area (Å²) in [4.78, 5) is 23.0. The van der Waals surface area contributed by atoms with E-state index >= 15 is 0 Å². The second-order valence-corrected chi connectivity index (χ2v) is 5.30. The zero-order chi connectivity index (χ0) is 15.0. The van der Waals surface area contributed by atoms with Gasteiger partial charge in [0, 0.05) is 17.3 Å². The second-order valence-electron chi connectivity index (χ2n) is 4.86. The smallest absolute Gasteiger partial charge is 0.238 e. The summed E-state index contributed by atoms with van der Waals surface area (Å²) < 4.78 is 0. The minimum absolute atomic E-state index is 0.0710. The Morgan fingerprint density at radius 1 is 1.20 bits per heavy atom. The predicted molar refractivity (Wildman–Crippen MR) is 80.8 cm³/mol. The molecule has 2 amide bonds. The highest BCUT2D eigenvalue weighted by molar-refractivity contribution is 6.30. The first-order valence-corrected chi connectivity index (χ1v) is 6.88. The normalized spacial score (nSPS) is 10.4. The van der Waals surface area contributed by atoms with E-state index in [1.165, 1.54) is 0 Å². The van der Waals surface area contributed by atoms with Crippen molar-refractivity contribution in [1.29, 1.82) is 0 Å². The third-order valence-electron chi connectivity index (χ3n) is 2.39. The van der Waals surface area contributed by atoms with Crippen molar-refractivity contribution in [2.24, 2.45) is 5.92 Å². The third-order valence-corrected chi connectivity index (χ3v) is 2.62. The maximum Gasteiger partial charge on any atom is 0.238 e. The van der Waals surface area contributed by atoms with Crippen LogP contribution in [0.25, 0.3) is 0 Å². The van der Waals surface area contributed by atoms with Gasteiger partial charge >= 0.3 is 0 Å². The van der Waals surface area contributed by atoms with Crippen molar-refractivity contribution >= 4 is 29.1 Å². The van der Waals surface area contributed by atoms with Crippen molar-refractivity contribution in [2.75, 3.05) is 25.0 Å². The van der Waals surface area contributed by atoms with E-state index in [2.05, 4.69) is 16.0 Å². The molecular weight excluding hydrogens is 278 g/mol. The molecule has 3 N–H and O–H groups in total. The van der Waals surface area contributed by atoms with Crippen molar-refractivity contribution in [3.8, 4) is 0 Å². The molecule has 0 aliphatic rings. The van der Waals surface area contributed by atoms with Crippen LogP contribution in [0.4, 0.5) is 5.69 Å². The molecule has 1 rings (SSSR count). The number of halogens is 1.